The van der Waals surface area contributed by atoms with Crippen LogP contribution in [0.2, 0.25) is 0 Å². The predicted molar refractivity (Wildman–Crippen MR) is 106 cm³/mol. The normalized spacial score (nSPS) is 10.1. The van der Waals surface area contributed by atoms with Crippen molar-refractivity contribution in [2.75, 3.05) is 0 Å². The van der Waals surface area contributed by atoms with E-state index in [0.717, 1.165) is 6.92 Å². The fraction of sp³-hybridized carbons (Fsp3) is 0.250. The Morgan fingerprint density at radius 3 is 1.93 bits per heavy atom. The fourth-order valence-corrected chi connectivity index (χ4v) is 2.16. The largest absolute Gasteiger partial charge is 0.550 e. The summed E-state index contributed by atoms with van der Waals surface area (Å²) >= 11 is 0. The second kappa shape index (κ2) is 13.3. The van der Waals surface area contributed by atoms with E-state index in [-0.39, 0.29) is 17.2 Å². The molecule has 0 amide bonds. The number of esters is 1. The zero-order valence-electron chi connectivity index (χ0n) is 16.9. The van der Waals surface area contributed by atoms with Crippen LogP contribution < -0.4 is 5.11 Å². The number of carbonyl (C=O) groups is 3. The van der Waals surface area contributed by atoms with Crippen LogP contribution in [0.4, 0.5) is 11.4 Å². The Kier molecular flexibility index (Phi) is 11.5. The van der Waals surface area contributed by atoms with Gasteiger partial charge in [-0.25, -0.2) is 0 Å². The number of nitroso groups, excluding NO2 is 1. The van der Waals surface area contributed by atoms with Gasteiger partial charge in [-0.2, -0.15) is 0 Å². The van der Waals surface area contributed by atoms with Crippen molar-refractivity contribution in [1.82, 2.24) is 0 Å². The summed E-state index contributed by atoms with van der Waals surface area (Å²) in [4.78, 5) is 50.7. The molecule has 0 bridgehead atoms. The molecule has 2 aromatic carbocycles. The zero-order valence-corrected chi connectivity index (χ0v) is 16.9. The fourth-order valence-electron chi connectivity index (χ4n) is 2.16. The summed E-state index contributed by atoms with van der Waals surface area (Å²) < 4.78 is 4.88. The van der Waals surface area contributed by atoms with Crippen molar-refractivity contribution in [2.24, 2.45) is 5.18 Å². The number of ether oxygens (including phenoxy) is 1. The second-order valence-corrected chi connectivity index (χ2v) is 5.72. The lowest BCUT2D eigenvalue weighted by atomic mass is 10.1. The number of carboxylic acids is 1. The molecule has 1 atom stereocenters. The third-order valence-corrected chi connectivity index (χ3v) is 3.30. The van der Waals surface area contributed by atoms with Crippen LogP contribution in [0.5, 0.6) is 0 Å². The van der Waals surface area contributed by atoms with E-state index in [1.54, 1.807) is 43.3 Å². The second-order valence-electron chi connectivity index (χ2n) is 5.72. The lowest BCUT2D eigenvalue weighted by Crippen LogP contribution is -2.16. The number of rotatable bonds is 5. The first-order chi connectivity index (χ1) is 14.0. The van der Waals surface area contributed by atoms with Gasteiger partial charge in [0.15, 0.2) is 5.78 Å². The Morgan fingerprint density at radius 1 is 1.00 bits per heavy atom. The third kappa shape index (κ3) is 9.83. The van der Waals surface area contributed by atoms with E-state index in [2.05, 4.69) is 5.18 Å². The maximum atomic E-state index is 10.8. The van der Waals surface area contributed by atoms with Gasteiger partial charge in [-0.05, 0) is 44.1 Å². The van der Waals surface area contributed by atoms with Gasteiger partial charge in [0.1, 0.15) is 11.8 Å². The molecule has 0 heterocycles. The Morgan fingerprint density at radius 2 is 1.50 bits per heavy atom. The molecule has 0 spiro atoms. The molecular formula is C20H21N2O8-. The molecule has 0 aliphatic carbocycles. The Balaban J connectivity index is 0.000000491. The molecule has 30 heavy (non-hydrogen) atoms. The quantitative estimate of drug-likeness (QED) is 0.236. The van der Waals surface area contributed by atoms with E-state index in [0.29, 0.717) is 11.1 Å². The van der Waals surface area contributed by atoms with Crippen molar-refractivity contribution in [3.8, 4) is 0 Å². The van der Waals surface area contributed by atoms with Crippen molar-refractivity contribution >= 4 is 29.1 Å². The average Bonchev–Trinajstić information content (AvgIpc) is 2.67. The lowest BCUT2D eigenvalue weighted by molar-refractivity contribution is -0.386. The van der Waals surface area contributed by atoms with Gasteiger partial charge in [0.2, 0.25) is 0 Å². The molecule has 0 aromatic heterocycles. The van der Waals surface area contributed by atoms with Crippen molar-refractivity contribution in [3.63, 3.8) is 0 Å². The first-order valence-corrected chi connectivity index (χ1v) is 8.52. The van der Waals surface area contributed by atoms with Gasteiger partial charge in [0.05, 0.1) is 10.5 Å². The first-order valence-electron chi connectivity index (χ1n) is 8.52. The number of Topliss-reactive ketones (excluding diaryl/α,β-unsaturated/α-hetero) is 1. The number of nitrogens with zero attached hydrogens (tertiary/aromatic N) is 2. The topological polar surface area (TPSA) is 156 Å². The van der Waals surface area contributed by atoms with Gasteiger partial charge < -0.3 is 14.6 Å². The standard InChI is InChI=1S/C10H11NO4.C8H7NO2.C2H4O2/c1-7(15-8(2)12)9-5-3-4-6-10(9)11(13)14;1-6(10)7-4-2-3-5-8(7)9-11;1-2(3)4/h3-7H,1-2H3;2-5H,1H3;1H3,(H,3,4)/p-1. The number of ketones is 1. The van der Waals surface area contributed by atoms with Crippen LogP contribution in [-0.2, 0) is 14.3 Å². The maximum absolute atomic E-state index is 10.8. The molecule has 2 rings (SSSR count). The first kappa shape index (κ1) is 26.1. The third-order valence-electron chi connectivity index (χ3n) is 3.30. The highest BCUT2D eigenvalue weighted by atomic mass is 16.6. The molecule has 10 nitrogen and oxygen atoms in total. The minimum atomic E-state index is -1.08. The summed E-state index contributed by atoms with van der Waals surface area (Å²) in [6.07, 6.45) is -0.607. The van der Waals surface area contributed by atoms with Gasteiger partial charge in [0, 0.05) is 24.5 Å². The number of nitro groups is 1. The van der Waals surface area contributed by atoms with Crippen LogP contribution in [0, 0.1) is 15.0 Å². The molecule has 0 saturated heterocycles. The molecule has 0 aliphatic rings. The molecule has 0 saturated carbocycles. The van der Waals surface area contributed by atoms with Gasteiger partial charge >= 0.3 is 5.97 Å². The van der Waals surface area contributed by atoms with E-state index in [9.17, 15) is 24.6 Å². The monoisotopic (exact) mass is 417 g/mol. The van der Waals surface area contributed by atoms with Crippen LogP contribution in [0.15, 0.2) is 53.7 Å². The Labute approximate surface area is 172 Å². The number of carbonyl (C=O) groups excluding carboxylic acids is 3. The molecule has 10 heteroatoms. The van der Waals surface area contributed by atoms with Gasteiger partial charge in [0.25, 0.3) is 5.69 Å². The van der Waals surface area contributed by atoms with Crippen molar-refractivity contribution < 1.29 is 29.2 Å². The van der Waals surface area contributed by atoms with Crippen molar-refractivity contribution in [2.45, 2.75) is 33.8 Å². The molecule has 160 valence electrons. The number of hydrogen-bond acceptors (Lipinski definition) is 9. The van der Waals surface area contributed by atoms with E-state index >= 15 is 0 Å². The number of aliphatic carboxylic acids is 1. The van der Waals surface area contributed by atoms with E-state index < -0.39 is 23.0 Å². The molecule has 0 N–H and O–H groups in total. The number of nitro benzene ring substituents is 1. The maximum Gasteiger partial charge on any atom is 0.303 e. The van der Waals surface area contributed by atoms with E-state index in [4.69, 9.17) is 14.6 Å². The molecule has 1 unspecified atom stereocenters. The summed E-state index contributed by atoms with van der Waals surface area (Å²) in [5.74, 6) is -1.68. The minimum Gasteiger partial charge on any atom is -0.550 e. The molecule has 0 fully saturated rings. The average molecular weight is 417 g/mol. The Hall–Kier alpha value is -3.95. The smallest absolute Gasteiger partial charge is 0.303 e. The summed E-state index contributed by atoms with van der Waals surface area (Å²) in [7, 11) is 0. The SMILES string of the molecule is CC(=O)OC(C)c1ccccc1[N+](=O)[O-].CC(=O)[O-].CC(=O)c1ccccc1N=O. The van der Waals surface area contributed by atoms with Crippen LogP contribution in [0.25, 0.3) is 0 Å². The summed E-state index contributed by atoms with van der Waals surface area (Å²) in [6.45, 7) is 5.25. The van der Waals surface area contributed by atoms with E-state index in [1.807, 2.05) is 0 Å². The number of benzene rings is 2. The van der Waals surface area contributed by atoms with Crippen LogP contribution in [0.1, 0.15) is 49.7 Å². The molecule has 2 aromatic rings. The predicted octanol–water partition coefficient (Wildman–Crippen LogP) is 3.26. The number of hydrogen-bond donors (Lipinski definition) is 0. The van der Waals surface area contributed by atoms with Crippen LogP contribution in [-0.4, -0.2) is 22.6 Å². The van der Waals surface area contributed by atoms with Crippen molar-refractivity contribution in [1.29, 1.82) is 0 Å². The summed E-state index contributed by atoms with van der Waals surface area (Å²) in [5.41, 5.74) is 0.950. The Bertz CT molecular complexity index is 907. The van der Waals surface area contributed by atoms with Gasteiger partial charge in [-0.1, -0.05) is 24.3 Å². The van der Waals surface area contributed by atoms with Crippen LogP contribution in [0.3, 0.4) is 0 Å². The minimum absolute atomic E-state index is 0.0359. The molecule has 0 aliphatic heterocycles. The highest BCUT2D eigenvalue weighted by molar-refractivity contribution is 5.98. The van der Waals surface area contributed by atoms with Crippen molar-refractivity contribution in [3.05, 3.63) is 74.7 Å². The molecular weight excluding hydrogens is 396 g/mol. The van der Waals surface area contributed by atoms with Gasteiger partial charge in [-0.3, -0.25) is 19.7 Å². The number of para-hydroxylation sites is 1. The lowest BCUT2D eigenvalue weighted by Gasteiger charge is -2.11. The summed E-state index contributed by atoms with van der Waals surface area (Å²) in [6, 6.07) is 12.7. The number of carboxylic acid groups (broad SMARTS) is 1. The zero-order chi connectivity index (χ0) is 23.3. The van der Waals surface area contributed by atoms with Crippen LogP contribution >= 0.6 is 0 Å². The highest BCUT2D eigenvalue weighted by Crippen LogP contribution is 2.26. The highest BCUT2D eigenvalue weighted by Gasteiger charge is 2.19. The van der Waals surface area contributed by atoms with Gasteiger partial charge in [-0.15, -0.1) is 4.91 Å². The summed E-state index contributed by atoms with van der Waals surface area (Å²) in [5, 5.41) is 22.3. The molecule has 0 radical (unpaired) electrons. The van der Waals surface area contributed by atoms with E-state index in [1.165, 1.54) is 26.0 Å².